The number of amides is 1. The molecule has 0 atom stereocenters. The van der Waals surface area contributed by atoms with E-state index in [0.717, 1.165) is 25.0 Å². The lowest BCUT2D eigenvalue weighted by atomic mass is 10.1. The molecule has 0 rings (SSSR count). The Labute approximate surface area is 151 Å². The highest BCUT2D eigenvalue weighted by Gasteiger charge is 2.18. The zero-order chi connectivity index (χ0) is 18.3. The fraction of sp³-hybridized carbons (Fsp3) is 0.857. The highest BCUT2D eigenvalue weighted by Crippen LogP contribution is 2.12. The van der Waals surface area contributed by atoms with Crippen molar-refractivity contribution < 1.29 is 9.39 Å². The molecule has 0 saturated heterocycles. The lowest BCUT2D eigenvalue weighted by Crippen LogP contribution is -2.54. The third-order valence-corrected chi connectivity index (χ3v) is 4.55. The number of hydrogen-bond donors (Lipinski definition) is 1. The van der Waals surface area contributed by atoms with E-state index in [-0.39, 0.29) is 5.91 Å². The van der Waals surface area contributed by atoms with Crippen LogP contribution in [0.4, 0.5) is 0 Å². The lowest BCUT2D eigenvalue weighted by Gasteiger charge is -2.28. The normalized spacial score (nSPS) is 12.5. The first kappa shape index (κ1) is 23.2. The Hall–Kier alpha value is -0.830. The number of carbonyl (C=O) groups excluding carboxylic acids is 1. The van der Waals surface area contributed by atoms with E-state index in [2.05, 4.69) is 25.3 Å². The maximum atomic E-state index is 12.2. The fourth-order valence-electron chi connectivity index (χ4n) is 3.02. The number of carbonyl (C=O) groups is 1. The number of rotatable bonds is 15. The Kier molecular flexibility index (Phi) is 14.0. The van der Waals surface area contributed by atoms with Crippen LogP contribution in [0.2, 0.25) is 0 Å². The van der Waals surface area contributed by atoms with Gasteiger partial charge in [-0.15, -0.1) is 0 Å². The Morgan fingerprint density at radius 2 is 1.33 bits per heavy atom. The van der Waals surface area contributed by atoms with Gasteiger partial charge in [0.2, 0.25) is 0 Å². The van der Waals surface area contributed by atoms with Gasteiger partial charge in [0.1, 0.15) is 6.54 Å². The molecule has 0 radical (unpaired) electrons. The summed E-state index contributed by atoms with van der Waals surface area (Å²) in [6.07, 6.45) is 17.8. The zero-order valence-electron chi connectivity index (χ0n) is 17.1. The standard InChI is InChI=1S/C21H42N2O/c1-6-8-9-10-11-12-13-14-15-16-17-18-20(3)21(24)22-23(4,5)19-7-2/h18H,6-17,19H2,1-5H3/p+1. The molecule has 0 saturated carbocycles. The highest BCUT2D eigenvalue weighted by molar-refractivity contribution is 5.91. The number of quaternary nitrogens is 1. The molecule has 1 amide bonds. The number of allylic oxidation sites excluding steroid dienone is 1. The Morgan fingerprint density at radius 1 is 0.833 bits per heavy atom. The van der Waals surface area contributed by atoms with E-state index < -0.39 is 0 Å². The second-order valence-corrected chi connectivity index (χ2v) is 7.71. The third-order valence-electron chi connectivity index (χ3n) is 4.55. The van der Waals surface area contributed by atoms with E-state index >= 15 is 0 Å². The first-order valence-electron chi connectivity index (χ1n) is 10.2. The van der Waals surface area contributed by atoms with E-state index in [0.29, 0.717) is 4.59 Å². The van der Waals surface area contributed by atoms with Crippen LogP contribution in [-0.4, -0.2) is 31.1 Å². The van der Waals surface area contributed by atoms with Crippen molar-refractivity contribution in [2.45, 2.75) is 97.8 Å². The van der Waals surface area contributed by atoms with Crippen molar-refractivity contribution in [1.82, 2.24) is 5.43 Å². The van der Waals surface area contributed by atoms with Gasteiger partial charge in [-0.1, -0.05) is 77.7 Å². The summed E-state index contributed by atoms with van der Waals surface area (Å²) < 4.78 is 0.554. The molecule has 3 nitrogen and oxygen atoms in total. The molecule has 24 heavy (non-hydrogen) atoms. The maximum Gasteiger partial charge on any atom is 0.291 e. The Morgan fingerprint density at radius 3 is 1.83 bits per heavy atom. The van der Waals surface area contributed by atoms with Crippen LogP contribution in [0.25, 0.3) is 0 Å². The molecule has 142 valence electrons. The second-order valence-electron chi connectivity index (χ2n) is 7.71. The first-order chi connectivity index (χ1) is 11.4. The van der Waals surface area contributed by atoms with E-state index in [4.69, 9.17) is 0 Å². The lowest BCUT2D eigenvalue weighted by molar-refractivity contribution is -0.925. The monoisotopic (exact) mass is 339 g/mol. The van der Waals surface area contributed by atoms with Gasteiger partial charge in [0.05, 0.1) is 14.1 Å². The fourth-order valence-corrected chi connectivity index (χ4v) is 3.02. The van der Waals surface area contributed by atoms with Gasteiger partial charge in [0, 0.05) is 5.57 Å². The van der Waals surface area contributed by atoms with E-state index in [1.54, 1.807) is 0 Å². The summed E-state index contributed by atoms with van der Waals surface area (Å²) in [5.41, 5.74) is 3.93. The molecule has 0 aliphatic carbocycles. The van der Waals surface area contributed by atoms with Crippen molar-refractivity contribution in [3.8, 4) is 0 Å². The summed E-state index contributed by atoms with van der Waals surface area (Å²) in [6.45, 7) is 7.29. The van der Waals surface area contributed by atoms with Crippen molar-refractivity contribution in [2.75, 3.05) is 20.6 Å². The van der Waals surface area contributed by atoms with Crippen molar-refractivity contribution in [3.05, 3.63) is 11.6 Å². The van der Waals surface area contributed by atoms with Gasteiger partial charge >= 0.3 is 0 Å². The molecular formula is C21H43N2O+. The summed E-state index contributed by atoms with van der Waals surface area (Å²) in [5.74, 6) is 0.0699. The molecule has 0 aromatic heterocycles. The van der Waals surface area contributed by atoms with Crippen molar-refractivity contribution >= 4 is 5.91 Å². The van der Waals surface area contributed by atoms with Crippen LogP contribution in [0.15, 0.2) is 11.6 Å². The first-order valence-corrected chi connectivity index (χ1v) is 10.2. The van der Waals surface area contributed by atoms with Gasteiger partial charge in [-0.05, 0) is 26.2 Å². The van der Waals surface area contributed by atoms with Crippen LogP contribution in [0.3, 0.4) is 0 Å². The van der Waals surface area contributed by atoms with Gasteiger partial charge in [-0.25, -0.2) is 4.59 Å². The quantitative estimate of drug-likeness (QED) is 0.175. The number of hydrogen-bond acceptors (Lipinski definition) is 1. The van der Waals surface area contributed by atoms with Crippen LogP contribution >= 0.6 is 0 Å². The minimum atomic E-state index is 0.0699. The van der Waals surface area contributed by atoms with Crippen molar-refractivity contribution in [2.24, 2.45) is 0 Å². The van der Waals surface area contributed by atoms with Gasteiger partial charge in [0.25, 0.3) is 5.91 Å². The minimum absolute atomic E-state index is 0.0699. The molecule has 3 heteroatoms. The predicted octanol–water partition coefficient (Wildman–Crippen LogP) is 5.76. The topological polar surface area (TPSA) is 29.1 Å². The molecule has 0 heterocycles. The molecule has 0 aromatic rings. The number of unbranched alkanes of at least 4 members (excludes halogenated alkanes) is 10. The molecule has 0 aromatic carbocycles. The largest absolute Gasteiger partial charge is 0.291 e. The predicted molar refractivity (Wildman–Crippen MR) is 106 cm³/mol. The summed E-state index contributed by atoms with van der Waals surface area (Å²) in [7, 11) is 4.08. The van der Waals surface area contributed by atoms with Crippen LogP contribution in [0.5, 0.6) is 0 Å². The molecular weight excluding hydrogens is 296 g/mol. The van der Waals surface area contributed by atoms with Crippen LogP contribution < -0.4 is 5.43 Å². The van der Waals surface area contributed by atoms with Crippen molar-refractivity contribution in [1.29, 1.82) is 0 Å². The minimum Gasteiger partial charge on any atom is -0.265 e. The average Bonchev–Trinajstić information content (AvgIpc) is 2.51. The van der Waals surface area contributed by atoms with Gasteiger partial charge in [-0.2, -0.15) is 5.43 Å². The molecule has 1 N–H and O–H groups in total. The Balaban J connectivity index is 3.67. The number of nitrogens with zero attached hydrogens (tertiary/aromatic N) is 1. The van der Waals surface area contributed by atoms with Crippen molar-refractivity contribution in [3.63, 3.8) is 0 Å². The molecule has 0 aliphatic heterocycles. The summed E-state index contributed by atoms with van der Waals surface area (Å²) in [5, 5.41) is 0. The smallest absolute Gasteiger partial charge is 0.265 e. The van der Waals surface area contributed by atoms with E-state index in [9.17, 15) is 4.79 Å². The van der Waals surface area contributed by atoms with Gasteiger partial charge in [-0.3, -0.25) is 4.79 Å². The summed E-state index contributed by atoms with van der Waals surface area (Å²) in [4.78, 5) is 12.2. The zero-order valence-corrected chi connectivity index (χ0v) is 17.1. The summed E-state index contributed by atoms with van der Waals surface area (Å²) >= 11 is 0. The highest BCUT2D eigenvalue weighted by atomic mass is 16.2. The van der Waals surface area contributed by atoms with Gasteiger partial charge in [0.15, 0.2) is 0 Å². The molecule has 0 aliphatic rings. The molecule has 0 bridgehead atoms. The van der Waals surface area contributed by atoms with Crippen LogP contribution in [0.1, 0.15) is 97.8 Å². The SMILES string of the molecule is CCCCCCCCCCCCC=C(C)C(=O)N[N+](C)(C)CCC. The van der Waals surface area contributed by atoms with Crippen LogP contribution in [-0.2, 0) is 4.79 Å². The molecule has 0 spiro atoms. The van der Waals surface area contributed by atoms with Gasteiger partial charge < -0.3 is 0 Å². The van der Waals surface area contributed by atoms with E-state index in [1.165, 1.54) is 64.2 Å². The number of nitrogens with one attached hydrogen (secondary N) is 1. The van der Waals surface area contributed by atoms with Crippen LogP contribution in [0, 0.1) is 0 Å². The maximum absolute atomic E-state index is 12.2. The average molecular weight is 340 g/mol. The van der Waals surface area contributed by atoms with E-state index in [1.807, 2.05) is 21.0 Å². The summed E-state index contributed by atoms with van der Waals surface area (Å²) in [6, 6.07) is 0. The molecule has 0 fully saturated rings. The third kappa shape index (κ3) is 13.6. The molecule has 0 unspecified atom stereocenters. The Bertz CT molecular complexity index is 348. The second kappa shape index (κ2) is 14.5.